The van der Waals surface area contributed by atoms with E-state index in [0.29, 0.717) is 10.9 Å². The summed E-state index contributed by atoms with van der Waals surface area (Å²) in [5.41, 5.74) is 0.381. The van der Waals surface area contributed by atoms with Gasteiger partial charge in [-0.25, -0.2) is 8.42 Å². The van der Waals surface area contributed by atoms with E-state index in [1.807, 2.05) is 0 Å². The van der Waals surface area contributed by atoms with Gasteiger partial charge in [0.05, 0.1) is 0 Å². The molecule has 10 heteroatoms. The first-order valence-electron chi connectivity index (χ1n) is 7.55. The highest BCUT2D eigenvalue weighted by atomic mass is 32.2. The number of nitrogens with zero attached hydrogens (tertiary/aromatic N) is 3. The monoisotopic (exact) mass is 390 g/mol. The van der Waals surface area contributed by atoms with Crippen molar-refractivity contribution in [3.63, 3.8) is 0 Å². The van der Waals surface area contributed by atoms with Crippen LogP contribution in [-0.4, -0.2) is 39.7 Å². The average molecular weight is 390 g/mol. The molecule has 0 saturated carbocycles. The van der Waals surface area contributed by atoms with Crippen molar-refractivity contribution in [2.75, 3.05) is 12.4 Å². The quantitative estimate of drug-likeness (QED) is 0.698. The van der Waals surface area contributed by atoms with Crippen molar-refractivity contribution in [2.24, 2.45) is 7.05 Å². The number of sulfonamides is 1. The zero-order chi connectivity index (χ0) is 18.6. The molecular weight excluding hydrogens is 376 g/mol. The number of aryl methyl sites for hydroxylation is 1. The molecular formula is C16H14N4O4S2. The summed E-state index contributed by atoms with van der Waals surface area (Å²) >= 11 is 1.14. The lowest BCUT2D eigenvalue weighted by Gasteiger charge is -2.27. The summed E-state index contributed by atoms with van der Waals surface area (Å²) in [6.07, 6.45) is 0. The maximum atomic E-state index is 13.1. The molecule has 0 saturated heterocycles. The molecule has 3 heterocycles. The van der Waals surface area contributed by atoms with Gasteiger partial charge in [-0.1, -0.05) is 18.2 Å². The third-order valence-corrected chi connectivity index (χ3v) is 6.73. The van der Waals surface area contributed by atoms with Gasteiger partial charge in [0, 0.05) is 30.4 Å². The first-order chi connectivity index (χ1) is 12.3. The van der Waals surface area contributed by atoms with Crippen molar-refractivity contribution in [3.05, 3.63) is 47.1 Å². The minimum Gasteiger partial charge on any atom is -0.504 e. The third-order valence-electron chi connectivity index (χ3n) is 4.34. The van der Waals surface area contributed by atoms with Crippen LogP contribution in [0.2, 0.25) is 0 Å². The summed E-state index contributed by atoms with van der Waals surface area (Å²) in [7, 11) is -1.13. The van der Waals surface area contributed by atoms with Gasteiger partial charge in [-0.2, -0.15) is 4.37 Å². The second kappa shape index (κ2) is 5.58. The topological polar surface area (TPSA) is 105 Å². The van der Waals surface area contributed by atoms with Crippen molar-refractivity contribution in [1.29, 1.82) is 0 Å². The molecule has 1 aliphatic heterocycles. The number of rotatable bonds is 2. The summed E-state index contributed by atoms with van der Waals surface area (Å²) in [5, 5.41) is 15.4. The van der Waals surface area contributed by atoms with Crippen molar-refractivity contribution in [2.45, 2.75) is 4.90 Å². The Morgan fingerprint density at radius 1 is 1.23 bits per heavy atom. The number of nitrogens with one attached hydrogen (secondary N) is 1. The fraction of sp³-hybridized carbons (Fsp3) is 0.125. The van der Waals surface area contributed by atoms with Gasteiger partial charge in [-0.05, 0) is 23.7 Å². The maximum absolute atomic E-state index is 13.1. The van der Waals surface area contributed by atoms with E-state index in [1.165, 1.54) is 7.05 Å². The van der Waals surface area contributed by atoms with Gasteiger partial charge in [-0.15, -0.1) is 0 Å². The van der Waals surface area contributed by atoms with Gasteiger partial charge >= 0.3 is 0 Å². The highest BCUT2D eigenvalue weighted by molar-refractivity contribution is 7.89. The molecule has 0 aliphatic carbocycles. The Labute approximate surface area is 153 Å². The van der Waals surface area contributed by atoms with Crippen LogP contribution >= 0.6 is 11.5 Å². The summed E-state index contributed by atoms with van der Waals surface area (Å²) < 4.78 is 32.5. The summed E-state index contributed by atoms with van der Waals surface area (Å²) in [6, 6.07) is 8.52. The molecule has 1 amide bonds. The number of benzene rings is 1. The van der Waals surface area contributed by atoms with Gasteiger partial charge in [0.1, 0.15) is 16.4 Å². The summed E-state index contributed by atoms with van der Waals surface area (Å²) in [5.74, 6) is -0.868. The number of carbonyl (C=O) groups is 1. The third kappa shape index (κ3) is 2.15. The molecule has 4 rings (SSSR count). The second-order valence-electron chi connectivity index (χ2n) is 5.76. The lowest BCUT2D eigenvalue weighted by atomic mass is 10.2. The van der Waals surface area contributed by atoms with E-state index in [2.05, 4.69) is 9.69 Å². The van der Waals surface area contributed by atoms with Gasteiger partial charge in [0.2, 0.25) is 0 Å². The molecule has 3 aromatic rings. The van der Waals surface area contributed by atoms with Crippen molar-refractivity contribution < 1.29 is 18.3 Å². The van der Waals surface area contributed by atoms with Crippen LogP contribution in [0.4, 0.5) is 5.82 Å². The number of aliphatic hydroxyl groups is 1. The number of anilines is 1. The maximum Gasteiger partial charge on any atom is 0.278 e. The van der Waals surface area contributed by atoms with Crippen LogP contribution in [0.5, 0.6) is 0 Å². The Kier molecular flexibility index (Phi) is 3.56. The number of fused-ring (bicyclic) bond motifs is 3. The molecule has 0 spiro atoms. The number of hydrogen-bond donors (Lipinski definition) is 2. The molecule has 0 fully saturated rings. The molecule has 0 unspecified atom stereocenters. The van der Waals surface area contributed by atoms with E-state index in [1.54, 1.807) is 47.3 Å². The Morgan fingerprint density at radius 2 is 1.96 bits per heavy atom. The first kappa shape index (κ1) is 16.6. The molecule has 2 N–H and O–H groups in total. The SMILES string of the molecule is CN1C(C(=O)Nc2ccsn2)=C(O)c2c(c3ccccc3n2C)S1(=O)=O. The largest absolute Gasteiger partial charge is 0.504 e. The minimum absolute atomic E-state index is 0.0131. The number of aliphatic hydroxyl groups excluding tert-OH is 1. The highest BCUT2D eigenvalue weighted by Gasteiger charge is 2.41. The van der Waals surface area contributed by atoms with Crippen LogP contribution in [-0.2, 0) is 21.9 Å². The van der Waals surface area contributed by atoms with Crippen molar-refractivity contribution in [1.82, 2.24) is 13.2 Å². The normalized spacial score (nSPS) is 16.0. The van der Waals surface area contributed by atoms with Crippen LogP contribution in [0.25, 0.3) is 16.7 Å². The Hall–Kier alpha value is -2.85. The van der Waals surface area contributed by atoms with Gasteiger partial charge in [-0.3, -0.25) is 9.10 Å². The molecule has 0 radical (unpaired) electrons. The number of para-hydroxylation sites is 1. The van der Waals surface area contributed by atoms with Crippen LogP contribution in [0.15, 0.2) is 46.3 Å². The Balaban J connectivity index is 1.98. The predicted molar refractivity (Wildman–Crippen MR) is 98.2 cm³/mol. The fourth-order valence-electron chi connectivity index (χ4n) is 3.11. The zero-order valence-electron chi connectivity index (χ0n) is 13.8. The number of hydrogen-bond acceptors (Lipinski definition) is 6. The van der Waals surface area contributed by atoms with Gasteiger partial charge in [0.15, 0.2) is 11.5 Å². The van der Waals surface area contributed by atoms with Crippen LogP contribution in [0.1, 0.15) is 5.69 Å². The molecule has 1 aliphatic rings. The summed E-state index contributed by atoms with van der Waals surface area (Å²) in [6.45, 7) is 0. The number of likely N-dealkylation sites (N-methyl/N-ethyl adjacent to an activating group) is 1. The van der Waals surface area contributed by atoms with E-state index >= 15 is 0 Å². The molecule has 0 atom stereocenters. The summed E-state index contributed by atoms with van der Waals surface area (Å²) in [4.78, 5) is 12.6. The number of aromatic nitrogens is 2. The van der Waals surface area contributed by atoms with E-state index < -0.39 is 21.7 Å². The minimum atomic E-state index is -4.02. The lowest BCUT2D eigenvalue weighted by Crippen LogP contribution is -2.37. The van der Waals surface area contributed by atoms with Crippen LogP contribution in [0, 0.1) is 0 Å². The van der Waals surface area contributed by atoms with Gasteiger partial charge < -0.3 is 15.0 Å². The predicted octanol–water partition coefficient (Wildman–Crippen LogP) is 2.13. The lowest BCUT2D eigenvalue weighted by molar-refractivity contribution is -0.113. The number of carbonyl (C=O) groups excluding carboxylic acids is 1. The molecule has 26 heavy (non-hydrogen) atoms. The molecule has 1 aromatic carbocycles. The Bertz CT molecular complexity index is 1180. The molecule has 8 nitrogen and oxygen atoms in total. The first-order valence-corrected chi connectivity index (χ1v) is 9.83. The molecule has 0 bridgehead atoms. The van der Waals surface area contributed by atoms with Crippen molar-refractivity contribution in [3.8, 4) is 0 Å². The zero-order valence-corrected chi connectivity index (χ0v) is 15.4. The van der Waals surface area contributed by atoms with Crippen LogP contribution < -0.4 is 5.32 Å². The number of amides is 1. The smallest absolute Gasteiger partial charge is 0.278 e. The standard InChI is InChI=1S/C16H14N4O4S2/c1-19-10-6-4-3-5-9(10)15-12(19)14(21)13(20(2)26(15,23)24)16(22)17-11-7-8-25-18-11/h3-8,21H,1-2H3,(H,17,18,22). The second-order valence-corrected chi connectivity index (χ2v) is 8.33. The molecule has 134 valence electrons. The fourth-order valence-corrected chi connectivity index (χ4v) is 5.19. The Morgan fingerprint density at radius 3 is 2.65 bits per heavy atom. The van der Waals surface area contributed by atoms with Gasteiger partial charge in [0.25, 0.3) is 15.9 Å². The van der Waals surface area contributed by atoms with E-state index in [-0.39, 0.29) is 22.1 Å². The molecule has 2 aromatic heterocycles. The average Bonchev–Trinajstić information content (AvgIpc) is 3.20. The van der Waals surface area contributed by atoms with Crippen LogP contribution in [0.3, 0.4) is 0 Å². The van der Waals surface area contributed by atoms with E-state index in [0.717, 1.165) is 15.8 Å². The van der Waals surface area contributed by atoms with E-state index in [9.17, 15) is 18.3 Å². The highest BCUT2D eigenvalue weighted by Crippen LogP contribution is 2.40. The van der Waals surface area contributed by atoms with Crippen molar-refractivity contribution >= 4 is 49.9 Å². The van der Waals surface area contributed by atoms with E-state index in [4.69, 9.17) is 0 Å².